The molecule has 310 valence electrons. The van der Waals surface area contributed by atoms with E-state index in [9.17, 15) is 0 Å². The summed E-state index contributed by atoms with van der Waals surface area (Å²) < 4.78 is 0. The van der Waals surface area contributed by atoms with Gasteiger partial charge in [0.05, 0.1) is 0 Å². The third kappa shape index (κ3) is 44.5. The van der Waals surface area contributed by atoms with Gasteiger partial charge in [-0.2, -0.15) is 0 Å². The fourth-order valence-corrected chi connectivity index (χ4v) is 8.39. The van der Waals surface area contributed by atoms with Gasteiger partial charge in [-0.25, -0.2) is 0 Å². The van der Waals surface area contributed by atoms with Gasteiger partial charge in [0.2, 0.25) is 0 Å². The van der Waals surface area contributed by atoms with Gasteiger partial charge in [0.1, 0.15) is 0 Å². The van der Waals surface area contributed by atoms with E-state index >= 15 is 0 Å². The van der Waals surface area contributed by atoms with Gasteiger partial charge in [-0.05, 0) is 19.3 Å². The molecule has 0 radical (unpaired) electrons. The zero-order valence-electron chi connectivity index (χ0n) is 36.3. The molecule has 2 heteroatoms. The van der Waals surface area contributed by atoms with Crippen molar-refractivity contribution in [2.24, 2.45) is 5.73 Å². The molecule has 0 rings (SSSR count). The molecule has 0 fully saturated rings. The summed E-state index contributed by atoms with van der Waals surface area (Å²) in [7, 11) is 0. The van der Waals surface area contributed by atoms with E-state index in [-0.39, 0.29) is 17.9 Å². The Bertz CT molecular complexity index is 512. The van der Waals surface area contributed by atoms with Crippen LogP contribution in [0, 0.1) is 0 Å². The zero-order valence-corrected chi connectivity index (χ0v) is 37.1. The largest absolute Gasteiger partial charge is 0.325 e. The minimum Gasteiger partial charge on any atom is -0.325 e. The molecule has 0 amide bonds. The van der Waals surface area contributed by atoms with Crippen molar-refractivity contribution in [2.75, 3.05) is 0 Å². The maximum absolute atomic E-state index is 7.24. The quantitative estimate of drug-likeness (QED) is 0.0618. The minimum atomic E-state index is 0. The Morgan fingerprint density at radius 1 is 0.216 bits per heavy atom. The van der Waals surface area contributed by atoms with Crippen molar-refractivity contribution >= 4 is 12.4 Å². The highest BCUT2D eigenvalue weighted by Crippen LogP contribution is 2.27. The molecule has 0 unspecified atom stereocenters. The number of rotatable bonds is 45. The number of halogens is 1. The molecular weight excluding hydrogens is 638 g/mol. The number of unbranched alkanes of at least 4 members (excludes halogenated alkanes) is 39. The minimum absolute atomic E-state index is 0. The molecule has 0 aromatic rings. The third-order valence-electron chi connectivity index (χ3n) is 12.1. The first-order valence-corrected chi connectivity index (χ1v) is 24.5. The van der Waals surface area contributed by atoms with Gasteiger partial charge >= 0.3 is 0 Å². The summed E-state index contributed by atoms with van der Waals surface area (Å²) in [5.41, 5.74) is 7.36. The van der Waals surface area contributed by atoms with E-state index in [4.69, 9.17) is 5.73 Å². The van der Waals surface area contributed by atoms with Crippen molar-refractivity contribution < 1.29 is 0 Å². The Hall–Kier alpha value is 0.250. The molecule has 0 aliphatic carbocycles. The van der Waals surface area contributed by atoms with E-state index in [0.717, 1.165) is 0 Å². The van der Waals surface area contributed by atoms with Gasteiger partial charge in [0.15, 0.2) is 0 Å². The summed E-state index contributed by atoms with van der Waals surface area (Å²) >= 11 is 0. The van der Waals surface area contributed by atoms with Crippen LogP contribution in [-0.2, 0) is 0 Å². The molecule has 0 aliphatic heterocycles. The van der Waals surface area contributed by atoms with Gasteiger partial charge in [0.25, 0.3) is 0 Å². The van der Waals surface area contributed by atoms with Crippen molar-refractivity contribution in [3.8, 4) is 0 Å². The Kier molecular flexibility index (Phi) is 48.5. The van der Waals surface area contributed by atoms with E-state index in [0.29, 0.717) is 0 Å². The van der Waals surface area contributed by atoms with Gasteiger partial charge < -0.3 is 5.73 Å². The first-order chi connectivity index (χ1) is 24.7. The smallest absolute Gasteiger partial charge is 0.0154 e. The first-order valence-electron chi connectivity index (χ1n) is 24.5. The molecule has 1 nitrogen and oxygen atoms in total. The van der Waals surface area contributed by atoms with Crippen molar-refractivity contribution in [1.29, 1.82) is 0 Å². The van der Waals surface area contributed by atoms with Crippen LogP contribution in [0.2, 0.25) is 0 Å². The van der Waals surface area contributed by atoms with Crippen LogP contribution in [0.5, 0.6) is 0 Å². The predicted molar refractivity (Wildman–Crippen MR) is 239 cm³/mol. The van der Waals surface area contributed by atoms with Gasteiger partial charge in [-0.15, -0.1) is 12.4 Å². The lowest BCUT2D eigenvalue weighted by Gasteiger charge is -2.30. The van der Waals surface area contributed by atoms with Crippen LogP contribution in [0.4, 0.5) is 0 Å². The van der Waals surface area contributed by atoms with Crippen LogP contribution in [0.15, 0.2) is 0 Å². The van der Waals surface area contributed by atoms with Crippen LogP contribution in [0.3, 0.4) is 0 Å². The van der Waals surface area contributed by atoms with Crippen LogP contribution in [0.25, 0.3) is 0 Å². The van der Waals surface area contributed by atoms with E-state index in [1.165, 1.54) is 289 Å². The number of nitrogens with two attached hydrogens (primary N) is 1. The highest BCUT2D eigenvalue weighted by molar-refractivity contribution is 5.85. The van der Waals surface area contributed by atoms with Crippen molar-refractivity contribution in [3.63, 3.8) is 0 Å². The third-order valence-corrected chi connectivity index (χ3v) is 12.1. The maximum Gasteiger partial charge on any atom is 0.0154 e. The van der Waals surface area contributed by atoms with Crippen LogP contribution in [-0.4, -0.2) is 5.54 Å². The summed E-state index contributed by atoms with van der Waals surface area (Å²) in [6.07, 6.45) is 64.4. The van der Waals surface area contributed by atoms with Gasteiger partial charge in [0, 0.05) is 5.54 Å². The Balaban J connectivity index is 0. The highest BCUT2D eigenvalue weighted by atomic mass is 35.5. The lowest BCUT2D eigenvalue weighted by Crippen LogP contribution is -2.39. The lowest BCUT2D eigenvalue weighted by atomic mass is 9.82. The van der Waals surface area contributed by atoms with E-state index in [1.807, 2.05) is 0 Å². The van der Waals surface area contributed by atoms with Crippen LogP contribution >= 0.6 is 12.4 Å². The molecular formula is C49H102ClN. The predicted octanol–water partition coefficient (Wildman–Crippen LogP) is 18.7. The van der Waals surface area contributed by atoms with Gasteiger partial charge in [-0.3, -0.25) is 0 Å². The summed E-state index contributed by atoms with van der Waals surface area (Å²) in [5.74, 6) is 0. The highest BCUT2D eigenvalue weighted by Gasteiger charge is 2.23. The molecule has 0 aliphatic rings. The van der Waals surface area contributed by atoms with Crippen molar-refractivity contribution in [3.05, 3.63) is 0 Å². The SMILES string of the molecule is CCCCCCCCCCCCCCCCC(N)(CCCCCCCCCCCCCCCC)CCCCCCCCCCCCCCCC.Cl. The molecule has 0 aromatic carbocycles. The zero-order chi connectivity index (χ0) is 36.3. The topological polar surface area (TPSA) is 26.0 Å². The first kappa shape index (κ1) is 53.4. The van der Waals surface area contributed by atoms with Crippen LogP contribution < -0.4 is 5.73 Å². The van der Waals surface area contributed by atoms with Crippen molar-refractivity contribution in [2.45, 2.75) is 315 Å². The molecule has 0 saturated carbocycles. The van der Waals surface area contributed by atoms with Gasteiger partial charge in [-0.1, -0.05) is 290 Å². The summed E-state index contributed by atoms with van der Waals surface area (Å²) in [6, 6.07) is 0. The van der Waals surface area contributed by atoms with E-state index in [2.05, 4.69) is 20.8 Å². The standard InChI is InChI=1S/C49H101N.ClH/c1-4-7-10-13-16-19-22-25-28-31-34-37-40-43-46-49(50,47-44-41-38-35-32-29-26-23-20-17-14-11-8-5-2)48-45-42-39-36-33-30-27-24-21-18-15-12-9-6-3;/h4-48,50H2,1-3H3;1H. The molecule has 0 heterocycles. The summed E-state index contributed by atoms with van der Waals surface area (Å²) in [5, 5.41) is 0. The van der Waals surface area contributed by atoms with E-state index < -0.39 is 0 Å². The molecule has 0 saturated heterocycles. The Morgan fingerprint density at radius 3 is 0.471 bits per heavy atom. The second-order valence-electron chi connectivity index (χ2n) is 17.4. The normalized spacial score (nSPS) is 11.8. The number of hydrogen-bond acceptors (Lipinski definition) is 1. The molecule has 0 aromatic heterocycles. The maximum atomic E-state index is 7.24. The molecule has 0 spiro atoms. The Labute approximate surface area is 332 Å². The fourth-order valence-electron chi connectivity index (χ4n) is 8.39. The average Bonchev–Trinajstić information content (AvgIpc) is 3.12. The average molecular weight is 741 g/mol. The molecule has 51 heavy (non-hydrogen) atoms. The van der Waals surface area contributed by atoms with E-state index in [1.54, 1.807) is 0 Å². The van der Waals surface area contributed by atoms with Crippen LogP contribution in [0.1, 0.15) is 310 Å². The monoisotopic (exact) mass is 740 g/mol. The second-order valence-corrected chi connectivity index (χ2v) is 17.4. The van der Waals surface area contributed by atoms with Crippen molar-refractivity contribution in [1.82, 2.24) is 0 Å². The molecule has 0 bridgehead atoms. The number of hydrogen-bond donors (Lipinski definition) is 1. The summed E-state index contributed by atoms with van der Waals surface area (Å²) in [6.45, 7) is 6.94. The Morgan fingerprint density at radius 2 is 0.333 bits per heavy atom. The molecule has 0 atom stereocenters. The molecule has 2 N–H and O–H groups in total. The summed E-state index contributed by atoms with van der Waals surface area (Å²) in [4.78, 5) is 0. The fraction of sp³-hybridized carbons (Fsp3) is 1.00. The second kappa shape index (κ2) is 46.4. The lowest BCUT2D eigenvalue weighted by molar-refractivity contribution is 0.302.